The zero-order valence-corrected chi connectivity index (χ0v) is 16.9. The van der Waals surface area contributed by atoms with Gasteiger partial charge in [-0.25, -0.2) is 9.59 Å². The van der Waals surface area contributed by atoms with Gasteiger partial charge in [-0.3, -0.25) is 0 Å². The Morgan fingerprint density at radius 3 is 1.87 bits per heavy atom. The predicted octanol–water partition coefficient (Wildman–Crippen LogP) is 2.76. The molecular weight excluding hydrogens is 388 g/mol. The van der Waals surface area contributed by atoms with E-state index in [-0.39, 0.29) is 49.2 Å². The number of hydrogen-bond donors (Lipinski definition) is 2. The van der Waals surface area contributed by atoms with Crippen molar-refractivity contribution in [3.63, 3.8) is 0 Å². The molecule has 0 saturated heterocycles. The van der Waals surface area contributed by atoms with Gasteiger partial charge in [-0.05, 0) is 62.4 Å². The van der Waals surface area contributed by atoms with Gasteiger partial charge in [0.1, 0.15) is 17.2 Å². The Morgan fingerprint density at radius 2 is 1.33 bits per heavy atom. The van der Waals surface area contributed by atoms with Gasteiger partial charge in [-0.1, -0.05) is 0 Å². The number of benzene rings is 2. The first-order valence-electron chi connectivity index (χ1n) is 9.62. The van der Waals surface area contributed by atoms with Gasteiger partial charge < -0.3 is 29.5 Å². The fraction of sp³-hybridized carbons (Fsp3) is 0.273. The number of aromatic hydroxyl groups is 2. The number of phenolic OH excluding ortho intramolecular Hbond substituents is 2. The van der Waals surface area contributed by atoms with E-state index in [4.69, 9.17) is 9.47 Å². The molecular formula is C22H24N2O6. The highest BCUT2D eigenvalue weighted by Gasteiger charge is 2.35. The monoisotopic (exact) mass is 412 g/mol. The van der Waals surface area contributed by atoms with E-state index < -0.39 is 11.9 Å². The maximum atomic E-state index is 12.8. The molecule has 0 aromatic heterocycles. The predicted molar refractivity (Wildman–Crippen MR) is 111 cm³/mol. The molecule has 1 aliphatic heterocycles. The maximum absolute atomic E-state index is 12.8. The van der Waals surface area contributed by atoms with Crippen molar-refractivity contribution < 1.29 is 29.3 Å². The molecule has 8 nitrogen and oxygen atoms in total. The van der Waals surface area contributed by atoms with Crippen LogP contribution in [0, 0.1) is 0 Å². The van der Waals surface area contributed by atoms with Crippen molar-refractivity contribution in [1.82, 2.24) is 0 Å². The Hall–Kier alpha value is -3.68. The molecule has 2 aromatic rings. The van der Waals surface area contributed by atoms with E-state index in [0.29, 0.717) is 5.69 Å². The molecule has 1 aliphatic rings. The number of anilines is 2. The summed E-state index contributed by atoms with van der Waals surface area (Å²) in [5, 5.41) is 19.2. The van der Waals surface area contributed by atoms with Crippen LogP contribution in [0.4, 0.5) is 11.4 Å². The summed E-state index contributed by atoms with van der Waals surface area (Å²) in [7, 11) is 0. The molecule has 2 N–H and O–H groups in total. The molecule has 0 saturated carbocycles. The van der Waals surface area contributed by atoms with Crippen LogP contribution in [0.1, 0.15) is 13.8 Å². The second-order valence-corrected chi connectivity index (χ2v) is 6.57. The number of phenols is 2. The molecule has 8 heteroatoms. The number of carbonyl (C=O) groups is 2. The highest BCUT2D eigenvalue weighted by Crippen LogP contribution is 2.32. The van der Waals surface area contributed by atoms with Gasteiger partial charge >= 0.3 is 11.9 Å². The van der Waals surface area contributed by atoms with E-state index in [2.05, 4.69) is 0 Å². The van der Waals surface area contributed by atoms with Crippen LogP contribution in [0.5, 0.6) is 11.5 Å². The van der Waals surface area contributed by atoms with Crippen molar-refractivity contribution >= 4 is 23.3 Å². The minimum atomic E-state index is -0.626. The summed E-state index contributed by atoms with van der Waals surface area (Å²) in [4.78, 5) is 29.1. The minimum absolute atomic E-state index is 0.0819. The lowest BCUT2D eigenvalue weighted by Crippen LogP contribution is -2.48. The fourth-order valence-corrected chi connectivity index (χ4v) is 3.21. The van der Waals surface area contributed by atoms with Gasteiger partial charge in [0.2, 0.25) is 0 Å². The highest BCUT2D eigenvalue weighted by atomic mass is 16.5. The first-order chi connectivity index (χ1) is 14.4. The quantitative estimate of drug-likeness (QED) is 0.699. The maximum Gasteiger partial charge on any atom is 0.355 e. The molecule has 0 fully saturated rings. The zero-order chi connectivity index (χ0) is 21.7. The molecule has 0 bridgehead atoms. The number of hydrogen-bond acceptors (Lipinski definition) is 8. The average molecular weight is 412 g/mol. The number of esters is 2. The van der Waals surface area contributed by atoms with Crippen molar-refractivity contribution in [3.05, 3.63) is 59.8 Å². The molecule has 1 heterocycles. The molecule has 0 aliphatic carbocycles. The summed E-state index contributed by atoms with van der Waals surface area (Å²) in [6, 6.07) is 12.9. The summed E-state index contributed by atoms with van der Waals surface area (Å²) >= 11 is 0. The Morgan fingerprint density at radius 1 is 0.833 bits per heavy atom. The van der Waals surface area contributed by atoms with Crippen LogP contribution in [0.25, 0.3) is 0 Å². The van der Waals surface area contributed by atoms with Gasteiger partial charge in [0.15, 0.2) is 0 Å². The van der Waals surface area contributed by atoms with Crippen molar-refractivity contribution in [3.8, 4) is 11.5 Å². The third kappa shape index (κ3) is 4.48. The van der Waals surface area contributed by atoms with Crippen LogP contribution in [0.2, 0.25) is 0 Å². The molecule has 0 atom stereocenters. The van der Waals surface area contributed by atoms with Crippen LogP contribution in [0.3, 0.4) is 0 Å². The molecule has 0 radical (unpaired) electrons. The van der Waals surface area contributed by atoms with Crippen molar-refractivity contribution in [2.24, 2.45) is 0 Å². The molecule has 0 unspecified atom stereocenters. The lowest BCUT2D eigenvalue weighted by molar-refractivity contribution is -0.142. The molecule has 0 spiro atoms. The Bertz CT molecular complexity index is 937. The smallest absolute Gasteiger partial charge is 0.355 e. The Kier molecular flexibility index (Phi) is 6.46. The van der Waals surface area contributed by atoms with E-state index >= 15 is 0 Å². The molecule has 2 aromatic carbocycles. The normalized spacial score (nSPS) is 13.9. The van der Waals surface area contributed by atoms with Crippen LogP contribution in [-0.2, 0) is 19.1 Å². The number of nitrogens with zero attached hydrogens (tertiary/aromatic N) is 2. The van der Waals surface area contributed by atoms with E-state index in [1.165, 1.54) is 12.1 Å². The largest absolute Gasteiger partial charge is 0.508 e. The lowest BCUT2D eigenvalue weighted by Gasteiger charge is -2.39. The van der Waals surface area contributed by atoms with Gasteiger partial charge in [-0.2, -0.15) is 0 Å². The molecule has 0 amide bonds. The van der Waals surface area contributed by atoms with Crippen LogP contribution < -0.4 is 9.80 Å². The molecule has 30 heavy (non-hydrogen) atoms. The number of ether oxygens (including phenoxy) is 2. The first-order valence-corrected chi connectivity index (χ1v) is 9.62. The summed E-state index contributed by atoms with van der Waals surface area (Å²) in [5.74, 6) is -1.02. The van der Waals surface area contributed by atoms with Gasteiger partial charge in [0.25, 0.3) is 0 Å². The van der Waals surface area contributed by atoms with Crippen molar-refractivity contribution in [1.29, 1.82) is 0 Å². The second kappa shape index (κ2) is 9.21. The summed E-state index contributed by atoms with van der Waals surface area (Å²) in [6.07, 6.45) is 0. The van der Waals surface area contributed by atoms with Crippen molar-refractivity contribution in [2.45, 2.75) is 13.8 Å². The number of carbonyl (C=O) groups excluding carboxylic acids is 2. The summed E-state index contributed by atoms with van der Waals surface area (Å²) in [6.45, 7) is 4.08. The first kappa shape index (κ1) is 21.0. The SMILES string of the molecule is CCOC(=O)C1=C(C(=O)OCC)N(c2ccc(O)cc2)CN(c2ccc(O)cc2)C1. The van der Waals surface area contributed by atoms with Gasteiger partial charge in [0, 0.05) is 11.4 Å². The fourth-order valence-electron chi connectivity index (χ4n) is 3.21. The minimum Gasteiger partial charge on any atom is -0.508 e. The number of rotatable bonds is 6. The van der Waals surface area contributed by atoms with Crippen LogP contribution in [0.15, 0.2) is 59.8 Å². The summed E-state index contributed by atoms with van der Waals surface area (Å²) in [5.41, 5.74) is 1.63. The molecule has 3 rings (SSSR count). The lowest BCUT2D eigenvalue weighted by atomic mass is 10.1. The highest BCUT2D eigenvalue weighted by molar-refractivity contribution is 6.04. The molecule has 158 valence electrons. The van der Waals surface area contributed by atoms with Crippen LogP contribution in [-0.4, -0.2) is 48.6 Å². The average Bonchev–Trinajstić information content (AvgIpc) is 2.74. The summed E-state index contributed by atoms with van der Waals surface area (Å²) < 4.78 is 10.4. The van der Waals surface area contributed by atoms with Crippen molar-refractivity contribution in [2.75, 3.05) is 36.2 Å². The van der Waals surface area contributed by atoms with Crippen LogP contribution >= 0.6 is 0 Å². The van der Waals surface area contributed by atoms with E-state index in [9.17, 15) is 19.8 Å². The van der Waals surface area contributed by atoms with Gasteiger partial charge in [0.05, 0.1) is 32.0 Å². The third-order valence-corrected chi connectivity index (χ3v) is 4.58. The van der Waals surface area contributed by atoms with E-state index in [0.717, 1.165) is 5.69 Å². The zero-order valence-electron chi connectivity index (χ0n) is 16.9. The van der Waals surface area contributed by atoms with E-state index in [1.54, 1.807) is 55.1 Å². The Balaban J connectivity index is 2.12. The second-order valence-electron chi connectivity index (χ2n) is 6.57. The third-order valence-electron chi connectivity index (χ3n) is 4.58. The van der Waals surface area contributed by atoms with E-state index in [1.807, 2.05) is 4.90 Å². The Labute approximate surface area is 174 Å². The van der Waals surface area contributed by atoms with Gasteiger partial charge in [-0.15, -0.1) is 0 Å². The topological polar surface area (TPSA) is 99.5 Å². The standard InChI is InChI=1S/C22H24N2O6/c1-3-29-21(27)19-13-23(15-5-9-17(25)10-6-15)14-24(20(19)22(28)30-4-2)16-7-11-18(26)12-8-16/h5-12,25-26H,3-4,13-14H2,1-2H3.